The highest BCUT2D eigenvalue weighted by Gasteiger charge is 2.17. The summed E-state index contributed by atoms with van der Waals surface area (Å²) in [5.41, 5.74) is 1.94. The molecule has 0 heterocycles. The molecule has 27 heavy (non-hydrogen) atoms. The number of amides is 2. The Bertz CT molecular complexity index is 848. The Hall–Kier alpha value is -3.02. The molecule has 0 bridgehead atoms. The smallest absolute Gasteiger partial charge is 0.251 e. The van der Waals surface area contributed by atoms with Gasteiger partial charge in [-0.1, -0.05) is 12.2 Å². The van der Waals surface area contributed by atoms with Crippen LogP contribution in [0.2, 0.25) is 0 Å². The molecule has 2 amide bonds. The van der Waals surface area contributed by atoms with Gasteiger partial charge in [-0.25, -0.2) is 8.78 Å². The lowest BCUT2D eigenvalue weighted by Crippen LogP contribution is -2.27. The fraction of sp³-hybridized carbons (Fsp3) is 0.238. The van der Waals surface area contributed by atoms with E-state index in [1.54, 1.807) is 13.8 Å². The Labute approximate surface area is 157 Å². The fourth-order valence-electron chi connectivity index (χ4n) is 2.41. The van der Waals surface area contributed by atoms with Crippen molar-refractivity contribution in [1.82, 2.24) is 5.32 Å². The lowest BCUT2D eigenvalue weighted by Gasteiger charge is -2.15. The maximum atomic E-state index is 13.3. The molecule has 0 fully saturated rings. The van der Waals surface area contributed by atoms with Gasteiger partial charge in [0.15, 0.2) is 0 Å². The van der Waals surface area contributed by atoms with Gasteiger partial charge >= 0.3 is 0 Å². The van der Waals surface area contributed by atoms with Gasteiger partial charge in [-0.05, 0) is 68.3 Å². The quantitative estimate of drug-likeness (QED) is 0.715. The molecule has 0 aliphatic carbocycles. The van der Waals surface area contributed by atoms with Gasteiger partial charge in [0, 0.05) is 17.8 Å². The summed E-state index contributed by atoms with van der Waals surface area (Å²) in [4.78, 5) is 24.3. The van der Waals surface area contributed by atoms with Gasteiger partial charge in [-0.2, -0.15) is 0 Å². The van der Waals surface area contributed by atoms with Crippen molar-refractivity contribution in [2.75, 3.05) is 11.9 Å². The number of rotatable bonds is 7. The van der Waals surface area contributed by atoms with E-state index in [1.807, 2.05) is 0 Å². The normalized spacial score (nSPS) is 11.6. The van der Waals surface area contributed by atoms with Gasteiger partial charge in [0.1, 0.15) is 11.6 Å². The minimum absolute atomic E-state index is 0.257. The van der Waals surface area contributed by atoms with Crippen molar-refractivity contribution >= 4 is 17.5 Å². The first kappa shape index (κ1) is 20.3. The monoisotopic (exact) mass is 372 g/mol. The summed E-state index contributed by atoms with van der Waals surface area (Å²) >= 11 is 0. The number of carbonyl (C=O) groups excluding carboxylic acids is 2. The molecule has 2 aromatic carbocycles. The van der Waals surface area contributed by atoms with Crippen molar-refractivity contribution in [3.8, 4) is 0 Å². The predicted molar refractivity (Wildman–Crippen MR) is 101 cm³/mol. The van der Waals surface area contributed by atoms with Crippen molar-refractivity contribution in [3.63, 3.8) is 0 Å². The highest BCUT2D eigenvalue weighted by atomic mass is 19.1. The van der Waals surface area contributed by atoms with Crippen LogP contribution < -0.4 is 10.6 Å². The summed E-state index contributed by atoms with van der Waals surface area (Å²) in [7, 11) is 0. The third kappa shape index (κ3) is 5.74. The molecule has 2 N–H and O–H groups in total. The second-order valence-electron chi connectivity index (χ2n) is 6.35. The zero-order chi connectivity index (χ0) is 20.0. The molecular formula is C21H22F2N2O2. The van der Waals surface area contributed by atoms with Crippen molar-refractivity contribution in [2.45, 2.75) is 20.3 Å². The zero-order valence-corrected chi connectivity index (χ0v) is 15.3. The fourth-order valence-corrected chi connectivity index (χ4v) is 2.41. The third-order valence-electron chi connectivity index (χ3n) is 4.27. The first-order valence-corrected chi connectivity index (χ1v) is 8.56. The standard InChI is InChI=1S/C21H22F2N2O2/c1-13(15(3)20(26)25-18-7-5-17(22)6-8-18)10-11-24-21(27)16-4-9-19(23)14(2)12-16/h4-9,12,15H,1,10-11H2,2-3H3,(H,24,27)(H,25,26)/t15-/m1/s1. The van der Waals surface area contributed by atoms with E-state index in [4.69, 9.17) is 0 Å². The number of anilines is 1. The number of carbonyl (C=O) groups is 2. The maximum Gasteiger partial charge on any atom is 0.251 e. The molecule has 142 valence electrons. The van der Waals surface area contributed by atoms with Gasteiger partial charge in [-0.15, -0.1) is 0 Å². The number of halogens is 2. The summed E-state index contributed by atoms with van der Waals surface area (Å²) < 4.78 is 26.2. The molecule has 6 heteroatoms. The summed E-state index contributed by atoms with van der Waals surface area (Å²) in [6, 6.07) is 9.65. The molecule has 0 aromatic heterocycles. The molecule has 0 saturated heterocycles. The number of benzene rings is 2. The van der Waals surface area contributed by atoms with E-state index in [1.165, 1.54) is 42.5 Å². The molecule has 0 unspecified atom stereocenters. The van der Waals surface area contributed by atoms with Gasteiger partial charge in [0.05, 0.1) is 5.92 Å². The van der Waals surface area contributed by atoms with Crippen LogP contribution in [0.25, 0.3) is 0 Å². The minimum atomic E-state index is -0.472. The van der Waals surface area contributed by atoms with Crippen LogP contribution in [-0.4, -0.2) is 18.4 Å². The van der Waals surface area contributed by atoms with E-state index in [9.17, 15) is 18.4 Å². The van der Waals surface area contributed by atoms with E-state index >= 15 is 0 Å². The van der Waals surface area contributed by atoms with Gasteiger partial charge in [-0.3, -0.25) is 9.59 Å². The van der Waals surface area contributed by atoms with Crippen LogP contribution in [0.5, 0.6) is 0 Å². The van der Waals surface area contributed by atoms with Crippen LogP contribution >= 0.6 is 0 Å². The molecule has 0 spiro atoms. The van der Waals surface area contributed by atoms with Crippen LogP contribution in [-0.2, 0) is 4.79 Å². The SMILES string of the molecule is C=C(CCNC(=O)c1ccc(F)c(C)c1)[C@@H](C)C(=O)Nc1ccc(F)cc1. The van der Waals surface area contributed by atoms with Crippen molar-refractivity contribution in [2.24, 2.45) is 5.92 Å². The minimum Gasteiger partial charge on any atom is -0.352 e. The van der Waals surface area contributed by atoms with E-state index in [0.29, 0.717) is 35.4 Å². The molecule has 2 rings (SSSR count). The van der Waals surface area contributed by atoms with E-state index in [2.05, 4.69) is 17.2 Å². The van der Waals surface area contributed by atoms with Crippen LogP contribution in [0.15, 0.2) is 54.6 Å². The average Bonchev–Trinajstić information content (AvgIpc) is 2.64. The van der Waals surface area contributed by atoms with Gasteiger partial charge in [0.25, 0.3) is 5.91 Å². The molecule has 4 nitrogen and oxygen atoms in total. The lowest BCUT2D eigenvalue weighted by atomic mass is 9.98. The van der Waals surface area contributed by atoms with Crippen molar-refractivity contribution < 1.29 is 18.4 Å². The van der Waals surface area contributed by atoms with Crippen LogP contribution in [0.3, 0.4) is 0 Å². The molecule has 0 aliphatic rings. The average molecular weight is 372 g/mol. The third-order valence-corrected chi connectivity index (χ3v) is 4.27. The second-order valence-corrected chi connectivity index (χ2v) is 6.35. The van der Waals surface area contributed by atoms with E-state index in [0.717, 1.165) is 0 Å². The van der Waals surface area contributed by atoms with Crippen LogP contribution in [0.4, 0.5) is 14.5 Å². The van der Waals surface area contributed by atoms with Crippen LogP contribution in [0, 0.1) is 24.5 Å². The molecular weight excluding hydrogens is 350 g/mol. The van der Waals surface area contributed by atoms with Gasteiger partial charge < -0.3 is 10.6 Å². The van der Waals surface area contributed by atoms with Crippen molar-refractivity contribution in [1.29, 1.82) is 0 Å². The molecule has 2 aromatic rings. The first-order valence-electron chi connectivity index (χ1n) is 8.56. The number of aryl methyl sites for hydroxylation is 1. The highest BCUT2D eigenvalue weighted by Crippen LogP contribution is 2.16. The summed E-state index contributed by atoms with van der Waals surface area (Å²) in [5, 5.41) is 5.43. The molecule has 1 atom stereocenters. The Kier molecular flexibility index (Phi) is 6.82. The van der Waals surface area contributed by atoms with Gasteiger partial charge in [0.2, 0.25) is 5.91 Å². The molecule has 0 aliphatic heterocycles. The lowest BCUT2D eigenvalue weighted by molar-refractivity contribution is -0.118. The Morgan fingerprint density at radius 2 is 1.78 bits per heavy atom. The second kappa shape index (κ2) is 9.07. The van der Waals surface area contributed by atoms with Crippen molar-refractivity contribution in [3.05, 3.63) is 77.4 Å². The Morgan fingerprint density at radius 3 is 2.41 bits per heavy atom. The van der Waals surface area contributed by atoms with E-state index in [-0.39, 0.29) is 23.4 Å². The highest BCUT2D eigenvalue weighted by molar-refractivity contribution is 5.95. The number of hydrogen-bond donors (Lipinski definition) is 2. The zero-order valence-electron chi connectivity index (χ0n) is 15.3. The first-order chi connectivity index (χ1) is 12.8. The number of nitrogens with one attached hydrogen (secondary N) is 2. The maximum absolute atomic E-state index is 13.3. The molecule has 0 radical (unpaired) electrons. The topological polar surface area (TPSA) is 58.2 Å². The molecule has 0 saturated carbocycles. The van der Waals surface area contributed by atoms with E-state index < -0.39 is 5.92 Å². The summed E-state index contributed by atoms with van der Waals surface area (Å²) in [5.74, 6) is -1.78. The Balaban J connectivity index is 1.81. The summed E-state index contributed by atoms with van der Waals surface area (Å²) in [6.07, 6.45) is 0.421. The predicted octanol–water partition coefficient (Wildman–Crippen LogP) is 4.22. The van der Waals surface area contributed by atoms with Crippen LogP contribution in [0.1, 0.15) is 29.3 Å². The number of hydrogen-bond acceptors (Lipinski definition) is 2. The summed E-state index contributed by atoms with van der Waals surface area (Å²) in [6.45, 7) is 7.52. The Morgan fingerprint density at radius 1 is 1.11 bits per heavy atom. The largest absolute Gasteiger partial charge is 0.352 e.